The van der Waals surface area contributed by atoms with Crippen LogP contribution < -0.4 is 10.6 Å². The summed E-state index contributed by atoms with van der Waals surface area (Å²) in [4.78, 5) is 11.5. The summed E-state index contributed by atoms with van der Waals surface area (Å²) in [6, 6.07) is 10.7. The summed E-state index contributed by atoms with van der Waals surface area (Å²) in [6.45, 7) is 9.96. The van der Waals surface area contributed by atoms with Gasteiger partial charge in [-0.05, 0) is 30.7 Å². The lowest BCUT2D eigenvalue weighted by atomic mass is 10.1. The summed E-state index contributed by atoms with van der Waals surface area (Å²) in [7, 11) is 1.80. The normalized spacial score (nSPS) is 16.1. The van der Waals surface area contributed by atoms with Gasteiger partial charge in [-0.1, -0.05) is 44.2 Å². The monoisotopic (exact) mass is 443 g/mol. The molecule has 0 bridgehead atoms. The highest BCUT2D eigenvalue weighted by atomic mass is 32.1. The molecule has 0 saturated carbocycles. The topological polar surface area (TPSA) is 61.8 Å². The molecule has 0 radical (unpaired) electrons. The van der Waals surface area contributed by atoms with Crippen LogP contribution in [0.3, 0.4) is 0 Å². The first-order chi connectivity index (χ1) is 15.1. The van der Waals surface area contributed by atoms with E-state index in [-0.39, 0.29) is 0 Å². The van der Waals surface area contributed by atoms with Crippen LogP contribution >= 0.6 is 11.3 Å². The van der Waals surface area contributed by atoms with Gasteiger partial charge >= 0.3 is 0 Å². The van der Waals surface area contributed by atoms with Crippen molar-refractivity contribution in [3.8, 4) is 0 Å². The Bertz CT molecular complexity index is 784. The van der Waals surface area contributed by atoms with Crippen LogP contribution in [0.1, 0.15) is 55.3 Å². The van der Waals surface area contributed by atoms with Gasteiger partial charge in [0.2, 0.25) is 0 Å². The zero-order valence-electron chi connectivity index (χ0n) is 19.1. The van der Waals surface area contributed by atoms with E-state index < -0.39 is 0 Å². The van der Waals surface area contributed by atoms with Crippen LogP contribution in [0.15, 0.2) is 40.7 Å². The van der Waals surface area contributed by atoms with E-state index in [2.05, 4.69) is 75.1 Å². The van der Waals surface area contributed by atoms with E-state index in [1.165, 1.54) is 5.56 Å². The molecule has 2 heterocycles. The molecule has 1 aromatic heterocycles. The van der Waals surface area contributed by atoms with Crippen molar-refractivity contribution in [2.75, 3.05) is 33.3 Å². The third-order valence-corrected chi connectivity index (χ3v) is 6.41. The summed E-state index contributed by atoms with van der Waals surface area (Å²) in [5.41, 5.74) is 2.55. The van der Waals surface area contributed by atoms with Gasteiger partial charge in [-0.2, -0.15) is 0 Å². The Morgan fingerprint density at radius 1 is 1.23 bits per heavy atom. The average molecular weight is 444 g/mol. The van der Waals surface area contributed by atoms with Crippen molar-refractivity contribution in [1.82, 2.24) is 20.5 Å². The van der Waals surface area contributed by atoms with E-state index in [1.54, 1.807) is 18.4 Å². The van der Waals surface area contributed by atoms with E-state index in [9.17, 15) is 0 Å². The van der Waals surface area contributed by atoms with Crippen molar-refractivity contribution in [2.24, 2.45) is 4.99 Å². The third kappa shape index (κ3) is 8.24. The number of nitrogens with one attached hydrogen (secondary N) is 2. The fraction of sp³-hybridized carbons (Fsp3) is 0.583. The number of guanidine groups is 1. The second-order valence-electron chi connectivity index (χ2n) is 8.36. The fourth-order valence-corrected chi connectivity index (χ4v) is 4.55. The van der Waals surface area contributed by atoms with E-state index >= 15 is 0 Å². The molecule has 7 heteroatoms. The molecule has 0 unspecified atom stereocenters. The second-order valence-corrected chi connectivity index (χ2v) is 9.30. The van der Waals surface area contributed by atoms with E-state index in [0.29, 0.717) is 18.6 Å². The lowest BCUT2D eigenvalue weighted by Gasteiger charge is -2.32. The maximum atomic E-state index is 6.12. The number of ether oxygens (including phenoxy) is 1. The van der Waals surface area contributed by atoms with Gasteiger partial charge in [-0.15, -0.1) is 11.3 Å². The van der Waals surface area contributed by atoms with Crippen molar-refractivity contribution >= 4 is 17.3 Å². The predicted molar refractivity (Wildman–Crippen MR) is 130 cm³/mol. The molecule has 6 nitrogen and oxygen atoms in total. The summed E-state index contributed by atoms with van der Waals surface area (Å²) in [5, 5.41) is 9.94. The van der Waals surface area contributed by atoms with Gasteiger partial charge in [0, 0.05) is 45.2 Å². The maximum absolute atomic E-state index is 6.12. The number of piperidine rings is 1. The Morgan fingerprint density at radius 3 is 2.68 bits per heavy atom. The smallest absolute Gasteiger partial charge is 0.191 e. The molecular weight excluding hydrogens is 406 g/mol. The quantitative estimate of drug-likeness (QED) is 0.330. The third-order valence-electron chi connectivity index (χ3n) is 5.54. The highest BCUT2D eigenvalue weighted by Gasteiger charge is 2.19. The Labute approximate surface area is 191 Å². The summed E-state index contributed by atoms with van der Waals surface area (Å²) in [6.07, 6.45) is 3.61. The molecule has 31 heavy (non-hydrogen) atoms. The van der Waals surface area contributed by atoms with Crippen molar-refractivity contribution in [1.29, 1.82) is 0 Å². The first-order valence-electron chi connectivity index (χ1n) is 11.4. The van der Waals surface area contributed by atoms with Crippen LogP contribution in [-0.4, -0.2) is 55.2 Å². The van der Waals surface area contributed by atoms with Crippen molar-refractivity contribution in [3.63, 3.8) is 0 Å². The van der Waals surface area contributed by atoms with Crippen LogP contribution in [-0.2, 0) is 17.8 Å². The molecule has 1 aliphatic rings. The minimum absolute atomic E-state index is 0.393. The van der Waals surface area contributed by atoms with Gasteiger partial charge in [-0.3, -0.25) is 9.89 Å². The zero-order valence-corrected chi connectivity index (χ0v) is 20.0. The molecule has 0 atom stereocenters. The van der Waals surface area contributed by atoms with E-state index in [4.69, 9.17) is 4.74 Å². The van der Waals surface area contributed by atoms with Gasteiger partial charge in [-0.25, -0.2) is 4.98 Å². The summed E-state index contributed by atoms with van der Waals surface area (Å²) >= 11 is 1.70. The van der Waals surface area contributed by atoms with Crippen molar-refractivity contribution in [2.45, 2.75) is 58.2 Å². The van der Waals surface area contributed by atoms with Gasteiger partial charge in [0.25, 0.3) is 0 Å². The zero-order chi connectivity index (χ0) is 21.9. The molecule has 0 aliphatic carbocycles. The summed E-state index contributed by atoms with van der Waals surface area (Å²) in [5.74, 6) is 1.29. The SMILES string of the molecule is CN=C(NCCCOC1CCN(Cc2ccccc2)CC1)NCc1nc(C(C)C)cs1. The molecule has 2 aromatic rings. The number of benzene rings is 1. The average Bonchev–Trinajstić information content (AvgIpc) is 3.27. The molecule has 2 N–H and O–H groups in total. The van der Waals surface area contributed by atoms with Crippen LogP contribution in [0, 0.1) is 0 Å². The lowest BCUT2D eigenvalue weighted by molar-refractivity contribution is 0.00534. The molecule has 170 valence electrons. The fourth-order valence-electron chi connectivity index (χ4n) is 3.66. The Morgan fingerprint density at radius 2 is 2.00 bits per heavy atom. The van der Waals surface area contributed by atoms with Gasteiger partial charge < -0.3 is 15.4 Å². The number of nitrogens with zero attached hydrogens (tertiary/aromatic N) is 3. The second kappa shape index (κ2) is 12.8. The Hall–Kier alpha value is -1.96. The van der Waals surface area contributed by atoms with Crippen molar-refractivity contribution < 1.29 is 4.74 Å². The van der Waals surface area contributed by atoms with Gasteiger partial charge in [0.15, 0.2) is 5.96 Å². The van der Waals surface area contributed by atoms with E-state index in [1.807, 2.05) is 0 Å². The standard InChI is InChI=1S/C24H37N5OS/c1-19(2)22-18-31-23(28-22)16-27-24(25-3)26-12-7-15-30-21-10-13-29(14-11-21)17-20-8-5-4-6-9-20/h4-6,8-9,18-19,21H,7,10-17H2,1-3H3,(H2,25,26,27). The molecule has 1 aliphatic heterocycles. The minimum atomic E-state index is 0.393. The molecule has 1 saturated heterocycles. The number of aliphatic imine (C=N–C) groups is 1. The molecule has 0 spiro atoms. The van der Waals surface area contributed by atoms with Gasteiger partial charge in [0.1, 0.15) is 5.01 Å². The summed E-state index contributed by atoms with van der Waals surface area (Å²) < 4.78 is 6.12. The first-order valence-corrected chi connectivity index (χ1v) is 12.3. The lowest BCUT2D eigenvalue weighted by Crippen LogP contribution is -2.38. The molecule has 1 fully saturated rings. The van der Waals surface area contributed by atoms with E-state index in [0.717, 1.165) is 68.7 Å². The van der Waals surface area contributed by atoms with Crippen LogP contribution in [0.5, 0.6) is 0 Å². The highest BCUT2D eigenvalue weighted by Crippen LogP contribution is 2.18. The number of rotatable bonds is 10. The van der Waals surface area contributed by atoms with Crippen LogP contribution in [0.25, 0.3) is 0 Å². The molecule has 0 amide bonds. The number of hydrogen-bond acceptors (Lipinski definition) is 5. The van der Waals surface area contributed by atoms with Crippen LogP contribution in [0.4, 0.5) is 0 Å². The highest BCUT2D eigenvalue weighted by molar-refractivity contribution is 7.09. The minimum Gasteiger partial charge on any atom is -0.378 e. The molecular formula is C24H37N5OS. The van der Waals surface area contributed by atoms with Crippen molar-refractivity contribution in [3.05, 3.63) is 52.0 Å². The number of hydrogen-bond donors (Lipinski definition) is 2. The predicted octanol–water partition coefficient (Wildman–Crippen LogP) is 4.00. The molecule has 1 aromatic carbocycles. The number of likely N-dealkylation sites (tertiary alicyclic amines) is 1. The number of aromatic nitrogens is 1. The maximum Gasteiger partial charge on any atom is 0.191 e. The van der Waals surface area contributed by atoms with Gasteiger partial charge in [0.05, 0.1) is 18.3 Å². The Kier molecular flexibility index (Phi) is 9.78. The largest absolute Gasteiger partial charge is 0.378 e. The number of thiazole rings is 1. The Balaban J connectivity index is 1.24. The van der Waals surface area contributed by atoms with Crippen LogP contribution in [0.2, 0.25) is 0 Å². The molecule has 3 rings (SSSR count). The first kappa shape index (κ1) is 23.7.